The van der Waals surface area contributed by atoms with Crippen molar-refractivity contribution >= 4 is 15.7 Å². The number of nitrogens with zero attached hydrogens (tertiary/aromatic N) is 3. The van der Waals surface area contributed by atoms with Gasteiger partial charge in [0.1, 0.15) is 5.65 Å². The molecule has 0 spiro atoms. The van der Waals surface area contributed by atoms with Crippen molar-refractivity contribution in [2.45, 2.75) is 11.8 Å². The van der Waals surface area contributed by atoms with Gasteiger partial charge in [-0.2, -0.15) is 0 Å². The normalized spacial score (nSPS) is 12.2. The number of pyridine rings is 1. The average Bonchev–Trinajstić information content (AvgIpc) is 2.90. The molecule has 1 aromatic carbocycles. The monoisotopic (exact) mass is 315 g/mol. The van der Waals surface area contributed by atoms with Gasteiger partial charge in [-0.15, -0.1) is 0 Å². The molecule has 0 N–H and O–H groups in total. The van der Waals surface area contributed by atoms with Crippen LogP contribution in [0.3, 0.4) is 0 Å². The summed E-state index contributed by atoms with van der Waals surface area (Å²) in [4.78, 5) is 4.83. The second kappa shape index (κ2) is 5.23. The van der Waals surface area contributed by atoms with Crippen molar-refractivity contribution in [2.75, 3.05) is 14.1 Å². The molecule has 0 saturated carbocycles. The fourth-order valence-electron chi connectivity index (χ4n) is 2.25. The first-order valence-electron chi connectivity index (χ1n) is 6.86. The first-order chi connectivity index (χ1) is 10.4. The summed E-state index contributed by atoms with van der Waals surface area (Å²) in [5.74, 6) is 0. The molecule has 0 aliphatic heterocycles. The summed E-state index contributed by atoms with van der Waals surface area (Å²) in [5, 5.41) is 0. The van der Waals surface area contributed by atoms with E-state index in [2.05, 4.69) is 4.98 Å². The summed E-state index contributed by atoms with van der Waals surface area (Å²) in [6.07, 6.45) is 3.95. The third kappa shape index (κ3) is 2.51. The number of benzene rings is 1. The third-order valence-corrected chi connectivity index (χ3v) is 5.36. The molecule has 22 heavy (non-hydrogen) atoms. The molecule has 0 bridgehead atoms. The Morgan fingerprint density at radius 3 is 2.32 bits per heavy atom. The van der Waals surface area contributed by atoms with Crippen LogP contribution >= 0.6 is 0 Å². The quantitative estimate of drug-likeness (QED) is 0.746. The van der Waals surface area contributed by atoms with E-state index in [4.69, 9.17) is 0 Å². The second-order valence-electron chi connectivity index (χ2n) is 5.41. The number of hydrogen-bond donors (Lipinski definition) is 0. The number of imidazole rings is 1. The molecular weight excluding hydrogens is 298 g/mol. The number of fused-ring (bicyclic) bond motifs is 1. The highest BCUT2D eigenvalue weighted by Gasteiger charge is 2.17. The molecule has 0 saturated heterocycles. The Kier molecular flexibility index (Phi) is 3.50. The van der Waals surface area contributed by atoms with Crippen LogP contribution in [0.4, 0.5) is 0 Å². The van der Waals surface area contributed by atoms with E-state index in [1.165, 1.54) is 18.4 Å². The van der Waals surface area contributed by atoms with Gasteiger partial charge in [0, 0.05) is 32.1 Å². The number of hydrogen-bond acceptors (Lipinski definition) is 3. The van der Waals surface area contributed by atoms with Gasteiger partial charge in [0.2, 0.25) is 10.0 Å². The minimum Gasteiger partial charge on any atom is -0.306 e. The van der Waals surface area contributed by atoms with Crippen LogP contribution in [0.1, 0.15) is 5.56 Å². The predicted molar refractivity (Wildman–Crippen MR) is 86.2 cm³/mol. The van der Waals surface area contributed by atoms with Crippen LogP contribution in [-0.2, 0) is 10.0 Å². The largest absolute Gasteiger partial charge is 0.306 e. The van der Waals surface area contributed by atoms with Gasteiger partial charge < -0.3 is 4.40 Å². The highest BCUT2D eigenvalue weighted by atomic mass is 32.2. The number of rotatable bonds is 3. The van der Waals surface area contributed by atoms with Crippen LogP contribution < -0.4 is 0 Å². The van der Waals surface area contributed by atoms with Crippen LogP contribution in [0.15, 0.2) is 53.7 Å². The van der Waals surface area contributed by atoms with E-state index in [1.807, 2.05) is 35.9 Å². The van der Waals surface area contributed by atoms with Gasteiger partial charge in [-0.25, -0.2) is 17.7 Å². The van der Waals surface area contributed by atoms with Crippen molar-refractivity contribution in [3.63, 3.8) is 0 Å². The Morgan fingerprint density at radius 1 is 1.00 bits per heavy atom. The minimum atomic E-state index is -3.40. The van der Waals surface area contributed by atoms with Crippen LogP contribution in [0.2, 0.25) is 0 Å². The van der Waals surface area contributed by atoms with Gasteiger partial charge in [-0.1, -0.05) is 18.2 Å². The van der Waals surface area contributed by atoms with Crippen molar-refractivity contribution < 1.29 is 8.42 Å². The summed E-state index contributed by atoms with van der Waals surface area (Å²) < 4.78 is 27.3. The minimum absolute atomic E-state index is 0.279. The Bertz CT molecular complexity index is 926. The topological polar surface area (TPSA) is 54.7 Å². The lowest BCUT2D eigenvalue weighted by molar-refractivity contribution is 0.521. The second-order valence-corrected chi connectivity index (χ2v) is 7.56. The average molecular weight is 315 g/mol. The zero-order chi connectivity index (χ0) is 15.9. The summed E-state index contributed by atoms with van der Waals surface area (Å²) in [6.45, 7) is 2.03. The first-order valence-corrected chi connectivity index (χ1v) is 8.30. The van der Waals surface area contributed by atoms with Crippen molar-refractivity contribution in [3.8, 4) is 11.3 Å². The first kappa shape index (κ1) is 14.7. The van der Waals surface area contributed by atoms with Crippen molar-refractivity contribution in [1.82, 2.24) is 13.7 Å². The van der Waals surface area contributed by atoms with Crippen molar-refractivity contribution in [2.24, 2.45) is 0 Å². The summed E-state index contributed by atoms with van der Waals surface area (Å²) in [6, 6.07) is 10.8. The Hall–Kier alpha value is -2.18. The molecule has 0 atom stereocenters. The molecule has 0 aliphatic rings. The van der Waals surface area contributed by atoms with Crippen LogP contribution in [0.25, 0.3) is 16.9 Å². The number of sulfonamides is 1. The molecule has 6 heteroatoms. The van der Waals surface area contributed by atoms with Gasteiger partial charge >= 0.3 is 0 Å². The molecule has 0 aliphatic carbocycles. The van der Waals surface area contributed by atoms with E-state index in [-0.39, 0.29) is 4.90 Å². The lowest BCUT2D eigenvalue weighted by Crippen LogP contribution is -2.22. The highest BCUT2D eigenvalue weighted by molar-refractivity contribution is 7.89. The maximum atomic E-state index is 12.1. The Morgan fingerprint density at radius 2 is 1.68 bits per heavy atom. The highest BCUT2D eigenvalue weighted by Crippen LogP contribution is 2.22. The summed E-state index contributed by atoms with van der Waals surface area (Å²) in [7, 11) is -0.355. The third-order valence-electron chi connectivity index (χ3n) is 3.53. The standard InChI is InChI=1S/C16H17N3O2S/c1-12-4-9-16-17-15(11-19(16)10-12)13-5-7-14(8-6-13)22(20,21)18(2)3/h4-11H,1-3H3. The molecule has 2 heterocycles. The molecular formula is C16H17N3O2S. The number of aromatic nitrogens is 2. The molecule has 2 aromatic heterocycles. The van der Waals surface area contributed by atoms with Gasteiger partial charge in [-0.05, 0) is 30.7 Å². The summed E-state index contributed by atoms with van der Waals surface area (Å²) in [5.41, 5.74) is 3.73. The maximum absolute atomic E-state index is 12.1. The molecule has 3 rings (SSSR count). The Labute approximate surface area is 129 Å². The fourth-order valence-corrected chi connectivity index (χ4v) is 3.15. The predicted octanol–water partition coefficient (Wildman–Crippen LogP) is 2.56. The smallest absolute Gasteiger partial charge is 0.242 e. The van der Waals surface area contributed by atoms with Crippen LogP contribution in [0.5, 0.6) is 0 Å². The lowest BCUT2D eigenvalue weighted by atomic mass is 10.2. The molecule has 0 radical (unpaired) electrons. The fraction of sp³-hybridized carbons (Fsp3) is 0.188. The molecule has 0 amide bonds. The van der Waals surface area contributed by atoms with Crippen LogP contribution in [0, 0.1) is 6.92 Å². The van der Waals surface area contributed by atoms with E-state index < -0.39 is 10.0 Å². The molecule has 0 fully saturated rings. The molecule has 114 valence electrons. The molecule has 5 nitrogen and oxygen atoms in total. The van der Waals surface area contributed by atoms with Crippen molar-refractivity contribution in [1.29, 1.82) is 0 Å². The number of aryl methyl sites for hydroxylation is 1. The SMILES string of the molecule is Cc1ccc2nc(-c3ccc(S(=O)(=O)N(C)C)cc3)cn2c1. The van der Waals surface area contributed by atoms with Gasteiger partial charge in [0.15, 0.2) is 0 Å². The molecule has 3 aromatic rings. The van der Waals surface area contributed by atoms with Gasteiger partial charge in [0.25, 0.3) is 0 Å². The van der Waals surface area contributed by atoms with E-state index in [0.29, 0.717) is 0 Å². The van der Waals surface area contributed by atoms with E-state index >= 15 is 0 Å². The zero-order valence-electron chi connectivity index (χ0n) is 12.7. The van der Waals surface area contributed by atoms with E-state index in [0.717, 1.165) is 22.5 Å². The summed E-state index contributed by atoms with van der Waals surface area (Å²) >= 11 is 0. The van der Waals surface area contributed by atoms with Crippen LogP contribution in [-0.4, -0.2) is 36.2 Å². The maximum Gasteiger partial charge on any atom is 0.242 e. The van der Waals surface area contributed by atoms with Gasteiger partial charge in [-0.3, -0.25) is 0 Å². The van der Waals surface area contributed by atoms with Crippen molar-refractivity contribution in [3.05, 3.63) is 54.4 Å². The van der Waals surface area contributed by atoms with Gasteiger partial charge in [0.05, 0.1) is 10.6 Å². The Balaban J connectivity index is 2.01. The van der Waals surface area contributed by atoms with E-state index in [9.17, 15) is 8.42 Å². The zero-order valence-corrected chi connectivity index (χ0v) is 13.5. The lowest BCUT2D eigenvalue weighted by Gasteiger charge is -2.11. The molecule has 0 unspecified atom stereocenters. The van der Waals surface area contributed by atoms with E-state index in [1.54, 1.807) is 24.3 Å².